The third kappa shape index (κ3) is 2.25. The standard InChI is InChI=1S/C14H21N5/c1-9-8-19(12-5-6-12)14(16-9)15-7-13-10(2)17-18(4)11(13)3/h8,12H,5-7H2,1-4H3,(H,15,16). The summed E-state index contributed by atoms with van der Waals surface area (Å²) in [6, 6.07) is 0.653. The Balaban J connectivity index is 1.79. The lowest BCUT2D eigenvalue weighted by atomic mass is 10.2. The number of imidazole rings is 1. The maximum Gasteiger partial charge on any atom is 0.203 e. The molecule has 0 amide bonds. The summed E-state index contributed by atoms with van der Waals surface area (Å²) >= 11 is 0. The van der Waals surface area contributed by atoms with Crippen molar-refractivity contribution in [1.82, 2.24) is 19.3 Å². The minimum absolute atomic E-state index is 0.653. The van der Waals surface area contributed by atoms with Gasteiger partial charge in [0.25, 0.3) is 0 Å². The molecule has 0 saturated heterocycles. The summed E-state index contributed by atoms with van der Waals surface area (Å²) < 4.78 is 4.21. The minimum atomic E-state index is 0.653. The highest BCUT2D eigenvalue weighted by Gasteiger charge is 2.26. The molecule has 102 valence electrons. The molecule has 2 heterocycles. The molecule has 1 aliphatic carbocycles. The lowest BCUT2D eigenvalue weighted by Crippen LogP contribution is -2.07. The molecule has 0 atom stereocenters. The molecule has 2 aromatic rings. The molecule has 0 radical (unpaired) electrons. The average Bonchev–Trinajstić information content (AvgIpc) is 3.08. The normalized spacial score (nSPS) is 14.9. The number of nitrogens with zero attached hydrogens (tertiary/aromatic N) is 4. The summed E-state index contributed by atoms with van der Waals surface area (Å²) in [5.41, 5.74) is 4.65. The number of aromatic nitrogens is 4. The van der Waals surface area contributed by atoms with Crippen molar-refractivity contribution in [1.29, 1.82) is 0 Å². The first kappa shape index (κ1) is 12.3. The fraction of sp³-hybridized carbons (Fsp3) is 0.571. The number of aryl methyl sites for hydroxylation is 3. The van der Waals surface area contributed by atoms with Crippen molar-refractivity contribution in [2.45, 2.75) is 46.2 Å². The van der Waals surface area contributed by atoms with Crippen LogP contribution in [-0.4, -0.2) is 19.3 Å². The molecule has 0 unspecified atom stereocenters. The number of nitrogens with one attached hydrogen (secondary N) is 1. The van der Waals surface area contributed by atoms with E-state index in [0.717, 1.165) is 23.9 Å². The molecule has 19 heavy (non-hydrogen) atoms. The highest BCUT2D eigenvalue weighted by atomic mass is 15.3. The van der Waals surface area contributed by atoms with Gasteiger partial charge >= 0.3 is 0 Å². The fourth-order valence-corrected chi connectivity index (χ4v) is 2.52. The summed E-state index contributed by atoms with van der Waals surface area (Å²) in [5.74, 6) is 0.989. The molecule has 5 nitrogen and oxygen atoms in total. The Bertz CT molecular complexity index is 604. The van der Waals surface area contributed by atoms with Crippen molar-refractivity contribution in [3.63, 3.8) is 0 Å². The Morgan fingerprint density at radius 2 is 2.05 bits per heavy atom. The number of hydrogen-bond acceptors (Lipinski definition) is 3. The summed E-state index contributed by atoms with van der Waals surface area (Å²) in [7, 11) is 1.99. The first-order chi connectivity index (χ1) is 9.06. The molecular weight excluding hydrogens is 238 g/mol. The van der Waals surface area contributed by atoms with E-state index in [1.54, 1.807) is 0 Å². The van der Waals surface area contributed by atoms with Crippen molar-refractivity contribution in [2.24, 2.45) is 7.05 Å². The highest BCUT2D eigenvalue weighted by molar-refractivity contribution is 5.34. The molecule has 1 N–H and O–H groups in total. The molecule has 5 heteroatoms. The first-order valence-electron chi connectivity index (χ1n) is 6.84. The van der Waals surface area contributed by atoms with E-state index in [1.165, 1.54) is 24.1 Å². The number of rotatable bonds is 4. The molecule has 1 fully saturated rings. The Labute approximate surface area is 113 Å². The van der Waals surface area contributed by atoms with E-state index in [-0.39, 0.29) is 0 Å². The van der Waals surface area contributed by atoms with E-state index in [1.807, 2.05) is 18.7 Å². The van der Waals surface area contributed by atoms with Gasteiger partial charge in [0.1, 0.15) is 0 Å². The van der Waals surface area contributed by atoms with Crippen LogP contribution >= 0.6 is 0 Å². The molecule has 1 aliphatic rings. The van der Waals surface area contributed by atoms with Gasteiger partial charge in [-0.1, -0.05) is 0 Å². The van der Waals surface area contributed by atoms with Gasteiger partial charge in [0, 0.05) is 37.1 Å². The summed E-state index contributed by atoms with van der Waals surface area (Å²) in [6.45, 7) is 7.00. The fourth-order valence-electron chi connectivity index (χ4n) is 2.52. The van der Waals surface area contributed by atoms with Gasteiger partial charge in [0.15, 0.2) is 0 Å². The zero-order chi connectivity index (χ0) is 13.6. The van der Waals surface area contributed by atoms with Crippen LogP contribution in [0.5, 0.6) is 0 Å². The second-order valence-corrected chi connectivity index (χ2v) is 5.47. The zero-order valence-corrected chi connectivity index (χ0v) is 12.1. The second kappa shape index (κ2) is 4.40. The van der Waals surface area contributed by atoms with E-state index in [0.29, 0.717) is 6.04 Å². The molecule has 0 bridgehead atoms. The van der Waals surface area contributed by atoms with E-state index in [2.05, 4.69) is 40.0 Å². The van der Waals surface area contributed by atoms with Crippen molar-refractivity contribution in [2.75, 3.05) is 5.32 Å². The van der Waals surface area contributed by atoms with Gasteiger partial charge < -0.3 is 9.88 Å². The quantitative estimate of drug-likeness (QED) is 0.917. The molecule has 0 aromatic carbocycles. The smallest absolute Gasteiger partial charge is 0.203 e. The van der Waals surface area contributed by atoms with E-state index >= 15 is 0 Å². The van der Waals surface area contributed by atoms with Gasteiger partial charge in [-0.25, -0.2) is 4.98 Å². The monoisotopic (exact) mass is 259 g/mol. The van der Waals surface area contributed by atoms with Gasteiger partial charge in [-0.3, -0.25) is 4.68 Å². The molecule has 3 rings (SSSR count). The average molecular weight is 259 g/mol. The molecule has 1 saturated carbocycles. The SMILES string of the molecule is Cc1cn(C2CC2)c(NCc2c(C)nn(C)c2C)n1. The van der Waals surface area contributed by atoms with Crippen LogP contribution in [0.4, 0.5) is 5.95 Å². The molecule has 2 aromatic heterocycles. The van der Waals surface area contributed by atoms with Gasteiger partial charge in [0.2, 0.25) is 5.95 Å². The lowest BCUT2D eigenvalue weighted by Gasteiger charge is -2.09. The Kier molecular flexibility index (Phi) is 2.84. The Morgan fingerprint density at radius 3 is 2.63 bits per heavy atom. The minimum Gasteiger partial charge on any atom is -0.351 e. The van der Waals surface area contributed by atoms with E-state index in [4.69, 9.17) is 0 Å². The topological polar surface area (TPSA) is 47.7 Å². The Morgan fingerprint density at radius 1 is 1.32 bits per heavy atom. The molecule has 0 spiro atoms. The van der Waals surface area contributed by atoms with E-state index in [9.17, 15) is 0 Å². The van der Waals surface area contributed by atoms with Crippen LogP contribution < -0.4 is 5.32 Å². The first-order valence-corrected chi connectivity index (χ1v) is 6.84. The van der Waals surface area contributed by atoms with Crippen molar-refractivity contribution >= 4 is 5.95 Å². The summed E-state index contributed by atoms with van der Waals surface area (Å²) in [4.78, 5) is 4.58. The zero-order valence-electron chi connectivity index (χ0n) is 12.1. The van der Waals surface area contributed by atoms with Crippen LogP contribution in [0.2, 0.25) is 0 Å². The third-order valence-corrected chi connectivity index (χ3v) is 3.88. The third-order valence-electron chi connectivity index (χ3n) is 3.88. The number of anilines is 1. The predicted octanol–water partition coefficient (Wildman–Crippen LogP) is 2.49. The Hall–Kier alpha value is -1.78. The second-order valence-electron chi connectivity index (χ2n) is 5.47. The summed E-state index contributed by atoms with van der Waals surface area (Å²) in [5, 5.41) is 7.91. The van der Waals surface area contributed by atoms with Crippen LogP contribution in [-0.2, 0) is 13.6 Å². The lowest BCUT2D eigenvalue weighted by molar-refractivity contribution is 0.729. The highest BCUT2D eigenvalue weighted by Crippen LogP contribution is 2.37. The van der Waals surface area contributed by atoms with Gasteiger partial charge in [-0.15, -0.1) is 0 Å². The van der Waals surface area contributed by atoms with Crippen molar-refractivity contribution in [3.05, 3.63) is 28.8 Å². The van der Waals surface area contributed by atoms with Crippen LogP contribution in [0.25, 0.3) is 0 Å². The summed E-state index contributed by atoms with van der Waals surface area (Å²) in [6.07, 6.45) is 4.69. The molecule has 0 aliphatic heterocycles. The van der Waals surface area contributed by atoms with Gasteiger partial charge in [-0.2, -0.15) is 5.10 Å². The largest absolute Gasteiger partial charge is 0.351 e. The van der Waals surface area contributed by atoms with E-state index < -0.39 is 0 Å². The van der Waals surface area contributed by atoms with Crippen molar-refractivity contribution < 1.29 is 0 Å². The van der Waals surface area contributed by atoms with Gasteiger partial charge in [-0.05, 0) is 33.6 Å². The predicted molar refractivity (Wildman–Crippen MR) is 75.2 cm³/mol. The molecular formula is C14H21N5. The maximum absolute atomic E-state index is 4.58. The van der Waals surface area contributed by atoms with Gasteiger partial charge in [0.05, 0.1) is 11.4 Å². The maximum atomic E-state index is 4.58. The van der Waals surface area contributed by atoms with Crippen LogP contribution in [0.15, 0.2) is 6.20 Å². The van der Waals surface area contributed by atoms with Crippen molar-refractivity contribution in [3.8, 4) is 0 Å². The van der Waals surface area contributed by atoms with Crippen LogP contribution in [0, 0.1) is 20.8 Å². The number of hydrogen-bond donors (Lipinski definition) is 1. The van der Waals surface area contributed by atoms with Crippen LogP contribution in [0.3, 0.4) is 0 Å². The van der Waals surface area contributed by atoms with Crippen LogP contribution in [0.1, 0.15) is 41.5 Å².